The van der Waals surface area contributed by atoms with Crippen molar-refractivity contribution in [3.63, 3.8) is 0 Å². The van der Waals surface area contributed by atoms with Crippen LogP contribution in [0.5, 0.6) is 0 Å². The van der Waals surface area contributed by atoms with Gasteiger partial charge < -0.3 is 137 Å². The third-order valence-electron chi connectivity index (χ3n) is 25.0. The molecule has 13 N–H and O–H groups in total. The number of hydrogen-bond acceptors (Lipinski definition) is 35. The van der Waals surface area contributed by atoms with Crippen molar-refractivity contribution in [2.24, 2.45) is 45.3 Å². The van der Waals surface area contributed by atoms with Gasteiger partial charge in [-0.3, -0.25) is 14.4 Å². The van der Waals surface area contributed by atoms with Crippen molar-refractivity contribution in [3.05, 3.63) is 11.6 Å². The summed E-state index contributed by atoms with van der Waals surface area (Å²) in [5.41, 5.74) is -3.34. The number of ether oxygens (including phenoxy) is 15. The highest BCUT2D eigenvalue weighted by atomic mass is 17.2. The van der Waals surface area contributed by atoms with E-state index < -0.39 is 268 Å². The monoisotopic (exact) mass is 1510 g/mol. The quantitative estimate of drug-likeness (QED) is 0.0120. The summed E-state index contributed by atoms with van der Waals surface area (Å²) in [5.74, 6) is -2.15. The Morgan fingerprint density at radius 2 is 1.11 bits per heavy atom. The normalized spacial score (nSPS) is 50.0. The number of fused-ring (bicyclic) bond motifs is 4. The van der Waals surface area contributed by atoms with E-state index in [1.807, 2.05) is 6.92 Å². The Hall–Kier alpha value is -3.01. The second kappa shape index (κ2) is 32.6. The molecule has 105 heavy (non-hydrogen) atoms. The number of allylic oxidation sites excluding steroid dienone is 2. The van der Waals surface area contributed by atoms with E-state index in [1.165, 1.54) is 33.3 Å². The Labute approximate surface area is 608 Å². The standard InChI is InChI=1S/C70H112O35/c1-27(2)14-17-41(94-31(6)74)69(11)58-35(93-30(5)73)22-68(10)33-15-16-39-66(7,8)40(19-20-67(39,9)32(33)18-21-70(58,68)65(86)103-69)98-64-57(45(79)38(26-90-64)97-61-49(83)54(42(76)28(3)91-61)101-63-51(85)56(105-88-13)44(78)37(24-72)96-63)102-60-47(81)46(80)52(29(4)92-60)99-59-48(82)53(34(75)25-89-59)100-62-50(84)55(104-87-12)43(77)36(23-71)95-62/h18,27-29,33-64,71-72,75-85H,14-17,19-26H2,1-13H3/t28-,29-,33-,34-,35+,36-,37-,38-,39+,40+,41?,42-,43-,44-,45+,46-,47-,48-,49-,50-,51-,52-,53+,54+,55+,56+,57-,58-,59+,60+,61+,62+,63+,64+,67-,68+,69+,70-/m1/s1. The number of esters is 3. The molecule has 35 nitrogen and oxygen atoms in total. The van der Waals surface area contributed by atoms with Gasteiger partial charge in [-0.1, -0.05) is 53.2 Å². The van der Waals surface area contributed by atoms with Crippen LogP contribution in [0, 0.1) is 45.3 Å². The van der Waals surface area contributed by atoms with E-state index >= 15 is 4.79 Å². The maximum Gasteiger partial charge on any atom is 0.314 e. The number of carbonyl (C=O) groups is 3. The predicted octanol–water partition coefficient (Wildman–Crippen LogP) is -2.39. The maximum absolute atomic E-state index is 15.2. The molecule has 11 aliphatic rings. The van der Waals surface area contributed by atoms with Crippen LogP contribution in [-0.2, 0) is 105 Å². The lowest BCUT2D eigenvalue weighted by atomic mass is 9.41. The van der Waals surface area contributed by atoms with Crippen LogP contribution in [0.4, 0.5) is 0 Å². The molecule has 38 atom stereocenters. The van der Waals surface area contributed by atoms with Gasteiger partial charge in [-0.25, -0.2) is 19.6 Å². The Bertz CT molecular complexity index is 2990. The zero-order valence-electron chi connectivity index (χ0n) is 61.6. The average molecular weight is 1510 g/mol. The molecule has 7 aliphatic heterocycles. The van der Waals surface area contributed by atoms with Crippen molar-refractivity contribution < 1.29 is 171 Å². The van der Waals surface area contributed by atoms with Gasteiger partial charge >= 0.3 is 17.9 Å². The first-order valence-corrected chi connectivity index (χ1v) is 36.6. The molecule has 0 aromatic rings. The molecule has 0 radical (unpaired) electrons. The lowest BCUT2D eigenvalue weighted by molar-refractivity contribution is -0.407. The van der Waals surface area contributed by atoms with Crippen LogP contribution in [-0.4, -0.2) is 321 Å². The van der Waals surface area contributed by atoms with Gasteiger partial charge in [0.1, 0.15) is 122 Å². The highest BCUT2D eigenvalue weighted by Gasteiger charge is 2.81. The van der Waals surface area contributed by atoms with Crippen LogP contribution >= 0.6 is 0 Å². The van der Waals surface area contributed by atoms with Gasteiger partial charge in [0.15, 0.2) is 55.5 Å². The molecule has 35 heteroatoms. The van der Waals surface area contributed by atoms with Gasteiger partial charge in [0.2, 0.25) is 0 Å². The SMILES string of the molecule is COO[C@@H]1[C@@H](O)[C@H](O[C@@H]2[C@@H](O)[C@H](O[C@@H]3CO[C@@H](O[C@H]4CC[C@]5(C)C6=CC[C@]78C(=O)O[C@@](C)(C(CCC(C)C)OC(C)=O)[C@H]7[C@@H](OC(C)=O)C[C@@]8(C)[C@@H]6CC[C@H]5C4(C)C)[C@H](O[C@@H]4O[C@H](C)[C@@H](O[C@@H]5OC[C@@H](O)[C@H](O[C@@H]6O[C@H](CO)[C@@H](O)[C@H](OOC)[C@H]6O)[C@H]5O)[C@H](O)[C@H]4O)[C@H]3O)O[C@H](C)[C@H]2O)O[C@H](CO)[C@H]1O. The van der Waals surface area contributed by atoms with Gasteiger partial charge in [0.25, 0.3) is 0 Å². The molecule has 7 saturated heterocycles. The molecule has 0 aromatic carbocycles. The first-order valence-electron chi connectivity index (χ1n) is 36.6. The van der Waals surface area contributed by atoms with Crippen molar-refractivity contribution in [1.29, 1.82) is 0 Å². The second-order valence-corrected chi connectivity index (χ2v) is 32.1. The number of aliphatic hydroxyl groups excluding tert-OH is 13. The molecule has 7 heterocycles. The van der Waals surface area contributed by atoms with E-state index in [2.05, 4.69) is 52.5 Å². The zero-order chi connectivity index (χ0) is 76.6. The number of hydrogen-bond donors (Lipinski definition) is 13. The topological polar surface area (TPSA) is 490 Å². The molecule has 0 amide bonds. The minimum atomic E-state index is -2.04. The minimum Gasteiger partial charge on any atom is -0.462 e. The van der Waals surface area contributed by atoms with Gasteiger partial charge in [-0.05, 0) is 106 Å². The summed E-state index contributed by atoms with van der Waals surface area (Å²) in [6, 6.07) is 0. The first kappa shape index (κ1) is 82.9. The van der Waals surface area contributed by atoms with Gasteiger partial charge in [0, 0.05) is 13.8 Å². The fourth-order valence-electron chi connectivity index (χ4n) is 19.6. The van der Waals surface area contributed by atoms with Gasteiger partial charge in [-0.2, -0.15) is 0 Å². The summed E-state index contributed by atoms with van der Waals surface area (Å²) >= 11 is 0. The Balaban J connectivity index is 0.841. The van der Waals surface area contributed by atoms with Crippen LogP contribution in [0.25, 0.3) is 0 Å². The van der Waals surface area contributed by atoms with Crippen LogP contribution in [0.15, 0.2) is 11.6 Å². The highest BCUT2D eigenvalue weighted by molar-refractivity contribution is 5.84. The Morgan fingerprint density at radius 1 is 0.562 bits per heavy atom. The lowest BCUT2D eigenvalue weighted by Crippen LogP contribution is -2.66. The number of rotatable bonds is 24. The van der Waals surface area contributed by atoms with Crippen molar-refractivity contribution >= 4 is 17.9 Å². The summed E-state index contributed by atoms with van der Waals surface area (Å²) in [4.78, 5) is 60.6. The number of aliphatic hydroxyl groups is 13. The van der Waals surface area contributed by atoms with Crippen molar-refractivity contribution in [2.45, 2.75) is 323 Å². The van der Waals surface area contributed by atoms with E-state index in [-0.39, 0.29) is 24.2 Å². The molecule has 1 spiro atoms. The summed E-state index contributed by atoms with van der Waals surface area (Å²) in [6.45, 7) is 17.4. The molecule has 3 saturated carbocycles. The Kier molecular flexibility index (Phi) is 25.8. The fourth-order valence-corrected chi connectivity index (χ4v) is 19.6. The molecule has 0 aromatic heterocycles. The zero-order valence-corrected chi connectivity index (χ0v) is 61.6. The molecule has 11 rings (SSSR count). The molecular formula is C70H112O35. The maximum atomic E-state index is 15.2. The van der Waals surface area contributed by atoms with E-state index in [1.54, 1.807) is 0 Å². The average Bonchev–Trinajstić information content (AvgIpc) is 1.50. The van der Waals surface area contributed by atoms with Gasteiger partial charge in [0.05, 0.1) is 70.3 Å². The minimum absolute atomic E-state index is 0.106. The highest BCUT2D eigenvalue weighted by Crippen LogP contribution is 2.77. The Morgan fingerprint density at radius 3 is 1.70 bits per heavy atom. The summed E-state index contributed by atoms with van der Waals surface area (Å²) in [6.07, 6.45) is -42.7. The van der Waals surface area contributed by atoms with Gasteiger partial charge in [-0.15, -0.1) is 0 Å². The van der Waals surface area contributed by atoms with E-state index in [9.17, 15) is 76.0 Å². The van der Waals surface area contributed by atoms with Crippen LogP contribution < -0.4 is 0 Å². The lowest BCUT2D eigenvalue weighted by Gasteiger charge is -2.63. The van der Waals surface area contributed by atoms with E-state index in [4.69, 9.17) is 85.7 Å². The smallest absolute Gasteiger partial charge is 0.314 e. The fraction of sp³-hybridized carbons (Fsp3) is 0.929. The summed E-state index contributed by atoms with van der Waals surface area (Å²) in [7, 11) is 2.23. The van der Waals surface area contributed by atoms with Crippen molar-refractivity contribution in [2.75, 3.05) is 40.6 Å². The summed E-state index contributed by atoms with van der Waals surface area (Å²) < 4.78 is 92.5. The van der Waals surface area contributed by atoms with E-state index in [0.29, 0.717) is 44.9 Å². The second-order valence-electron chi connectivity index (χ2n) is 32.1. The van der Waals surface area contributed by atoms with Crippen molar-refractivity contribution in [3.8, 4) is 0 Å². The summed E-state index contributed by atoms with van der Waals surface area (Å²) in [5, 5.41) is 147. The first-order chi connectivity index (χ1) is 49.5. The molecule has 10 fully saturated rings. The predicted molar refractivity (Wildman–Crippen MR) is 347 cm³/mol. The number of carbonyl (C=O) groups excluding carboxylic acids is 3. The third kappa shape index (κ3) is 15.1. The molecule has 1 unspecified atom stereocenters. The molecular weight excluding hydrogens is 1400 g/mol. The number of cyclic esters (lactones) is 1. The largest absolute Gasteiger partial charge is 0.462 e. The molecule has 0 bridgehead atoms. The third-order valence-corrected chi connectivity index (χ3v) is 25.0. The molecule has 602 valence electrons. The van der Waals surface area contributed by atoms with Crippen molar-refractivity contribution in [1.82, 2.24) is 0 Å². The van der Waals surface area contributed by atoms with Crippen LogP contribution in [0.1, 0.15) is 128 Å². The molecule has 4 aliphatic carbocycles. The van der Waals surface area contributed by atoms with Crippen LogP contribution in [0.3, 0.4) is 0 Å². The van der Waals surface area contributed by atoms with E-state index in [0.717, 1.165) is 14.2 Å². The van der Waals surface area contributed by atoms with Crippen LogP contribution in [0.2, 0.25) is 0 Å².